The predicted octanol–water partition coefficient (Wildman–Crippen LogP) is 1.50. The highest BCUT2D eigenvalue weighted by atomic mass is 16.6. The van der Waals surface area contributed by atoms with E-state index < -0.39 is 0 Å². The summed E-state index contributed by atoms with van der Waals surface area (Å²) in [4.78, 5) is 9.86. The molecule has 0 amide bonds. The maximum Gasteiger partial charge on any atom is 0.204 e. The Balaban J connectivity index is 2.43. The van der Waals surface area contributed by atoms with Gasteiger partial charge in [0.25, 0.3) is 0 Å². The van der Waals surface area contributed by atoms with Crippen LogP contribution in [0.2, 0.25) is 0 Å². The first-order valence-electron chi connectivity index (χ1n) is 4.99. The van der Waals surface area contributed by atoms with Crippen molar-refractivity contribution in [2.24, 2.45) is 5.92 Å². The van der Waals surface area contributed by atoms with Crippen LogP contribution in [0.5, 0.6) is 0 Å². The molecule has 4 heteroatoms. The second kappa shape index (κ2) is 6.14. The van der Waals surface area contributed by atoms with Gasteiger partial charge in [-0.15, -0.1) is 0 Å². The highest BCUT2D eigenvalue weighted by molar-refractivity contribution is 5.15. The topological polar surface area (TPSA) is 63.4 Å². The minimum atomic E-state index is -0.340. The first kappa shape index (κ1) is 11.7. The summed E-state index contributed by atoms with van der Waals surface area (Å²) in [7, 11) is 0. The van der Waals surface area contributed by atoms with Crippen molar-refractivity contribution in [2.45, 2.75) is 12.8 Å². The molecule has 0 saturated carbocycles. The highest BCUT2D eigenvalue weighted by Crippen LogP contribution is 2.11. The first-order valence-corrected chi connectivity index (χ1v) is 4.99. The van der Waals surface area contributed by atoms with E-state index in [1.165, 1.54) is 0 Å². The van der Waals surface area contributed by atoms with Crippen LogP contribution in [0.1, 0.15) is 12.0 Å². The van der Waals surface area contributed by atoms with Gasteiger partial charge in [0.15, 0.2) is 0 Å². The van der Waals surface area contributed by atoms with Crippen molar-refractivity contribution >= 4 is 0 Å². The van der Waals surface area contributed by atoms with Crippen molar-refractivity contribution in [3.05, 3.63) is 46.0 Å². The predicted molar refractivity (Wildman–Crippen MR) is 57.2 cm³/mol. The van der Waals surface area contributed by atoms with Crippen LogP contribution in [0.4, 0.5) is 0 Å². The molecule has 15 heavy (non-hydrogen) atoms. The molecule has 0 aliphatic carbocycles. The summed E-state index contributed by atoms with van der Waals surface area (Å²) in [6.07, 6.45) is 1.13. The lowest BCUT2D eigenvalue weighted by Crippen LogP contribution is -2.14. The quantitative estimate of drug-likeness (QED) is 0.570. The molecular weight excluding hydrogens is 194 g/mol. The van der Waals surface area contributed by atoms with E-state index in [-0.39, 0.29) is 24.0 Å². The van der Waals surface area contributed by atoms with Gasteiger partial charge in [-0.2, -0.15) is 0 Å². The van der Waals surface area contributed by atoms with Gasteiger partial charge in [0, 0.05) is 18.0 Å². The van der Waals surface area contributed by atoms with Gasteiger partial charge in [0.1, 0.15) is 0 Å². The van der Waals surface area contributed by atoms with E-state index in [0.717, 1.165) is 5.56 Å². The fourth-order valence-corrected chi connectivity index (χ4v) is 1.49. The van der Waals surface area contributed by atoms with Crippen LogP contribution in [0, 0.1) is 16.0 Å². The van der Waals surface area contributed by atoms with Crippen LogP contribution in [-0.4, -0.2) is 23.2 Å². The zero-order chi connectivity index (χ0) is 11.1. The number of aliphatic hydroxyl groups excluding tert-OH is 1. The largest absolute Gasteiger partial charge is 0.396 e. The van der Waals surface area contributed by atoms with Gasteiger partial charge in [-0.25, -0.2) is 0 Å². The number of nitrogens with zero attached hydrogens (tertiary/aromatic N) is 1. The lowest BCUT2D eigenvalue weighted by atomic mass is 9.97. The van der Waals surface area contributed by atoms with Crippen molar-refractivity contribution < 1.29 is 10.0 Å². The highest BCUT2D eigenvalue weighted by Gasteiger charge is 2.11. The molecule has 0 aliphatic heterocycles. The summed E-state index contributed by atoms with van der Waals surface area (Å²) in [5.41, 5.74) is 1.11. The molecule has 0 aromatic heterocycles. The molecule has 0 radical (unpaired) electrons. The number of rotatable bonds is 6. The molecule has 1 N–H and O–H groups in total. The zero-order valence-corrected chi connectivity index (χ0v) is 8.50. The Morgan fingerprint density at radius 3 is 2.53 bits per heavy atom. The third kappa shape index (κ3) is 4.56. The summed E-state index contributed by atoms with van der Waals surface area (Å²) >= 11 is 0. The van der Waals surface area contributed by atoms with Gasteiger partial charge in [0.05, 0.1) is 0 Å². The van der Waals surface area contributed by atoms with Gasteiger partial charge in [-0.1, -0.05) is 30.3 Å². The van der Waals surface area contributed by atoms with E-state index in [0.29, 0.717) is 12.8 Å². The maximum atomic E-state index is 10.2. The lowest BCUT2D eigenvalue weighted by Gasteiger charge is -2.11. The van der Waals surface area contributed by atoms with Crippen molar-refractivity contribution in [3.63, 3.8) is 0 Å². The van der Waals surface area contributed by atoms with Crippen LogP contribution in [0.25, 0.3) is 0 Å². The van der Waals surface area contributed by atoms with Gasteiger partial charge >= 0.3 is 0 Å². The normalized spacial score (nSPS) is 12.3. The molecule has 82 valence electrons. The van der Waals surface area contributed by atoms with Gasteiger partial charge < -0.3 is 5.11 Å². The molecule has 4 nitrogen and oxygen atoms in total. The molecule has 0 heterocycles. The summed E-state index contributed by atoms with van der Waals surface area (Å²) < 4.78 is 0. The molecule has 0 aliphatic rings. The molecule has 1 atom stereocenters. The Bertz CT molecular complexity index is 300. The van der Waals surface area contributed by atoms with Crippen LogP contribution in [-0.2, 0) is 6.42 Å². The van der Waals surface area contributed by atoms with Gasteiger partial charge in [-0.3, -0.25) is 10.1 Å². The van der Waals surface area contributed by atoms with Crippen LogP contribution >= 0.6 is 0 Å². The molecule has 1 aromatic rings. The number of nitro groups is 1. The Morgan fingerprint density at radius 2 is 2.00 bits per heavy atom. The monoisotopic (exact) mass is 209 g/mol. The van der Waals surface area contributed by atoms with E-state index in [1.54, 1.807) is 0 Å². The Hall–Kier alpha value is -1.42. The fourth-order valence-electron chi connectivity index (χ4n) is 1.49. The average molecular weight is 209 g/mol. The number of hydrogen-bond acceptors (Lipinski definition) is 3. The van der Waals surface area contributed by atoms with E-state index in [1.807, 2.05) is 30.3 Å². The molecule has 1 rings (SSSR count). The molecule has 0 spiro atoms. The second-order valence-corrected chi connectivity index (χ2v) is 3.58. The molecule has 0 unspecified atom stereocenters. The maximum absolute atomic E-state index is 10.2. The van der Waals surface area contributed by atoms with Crippen LogP contribution < -0.4 is 0 Å². The average Bonchev–Trinajstić information content (AvgIpc) is 2.25. The third-order valence-electron chi connectivity index (χ3n) is 2.35. The summed E-state index contributed by atoms with van der Waals surface area (Å²) in [5.74, 6) is -0.0159. The third-order valence-corrected chi connectivity index (χ3v) is 2.35. The number of aliphatic hydroxyl groups is 1. The molecule has 0 fully saturated rings. The van der Waals surface area contributed by atoms with E-state index in [2.05, 4.69) is 0 Å². The summed E-state index contributed by atoms with van der Waals surface area (Å²) in [5, 5.41) is 19.3. The first-order chi connectivity index (χ1) is 7.22. The summed E-state index contributed by atoms with van der Waals surface area (Å²) in [6.45, 7) is -0.0687. The smallest absolute Gasteiger partial charge is 0.204 e. The second-order valence-electron chi connectivity index (χ2n) is 3.58. The summed E-state index contributed by atoms with van der Waals surface area (Å²) in [6, 6.07) is 9.71. The van der Waals surface area contributed by atoms with Gasteiger partial charge in [0.2, 0.25) is 6.54 Å². The van der Waals surface area contributed by atoms with Crippen molar-refractivity contribution in [1.82, 2.24) is 0 Å². The Labute approximate surface area is 88.7 Å². The fraction of sp³-hybridized carbons (Fsp3) is 0.455. The molecular formula is C11H15NO3. The van der Waals surface area contributed by atoms with Crippen LogP contribution in [0.15, 0.2) is 30.3 Å². The van der Waals surface area contributed by atoms with E-state index in [9.17, 15) is 10.1 Å². The van der Waals surface area contributed by atoms with Crippen molar-refractivity contribution in [3.8, 4) is 0 Å². The minimum absolute atomic E-state index is 0.00271. The van der Waals surface area contributed by atoms with Crippen LogP contribution in [0.3, 0.4) is 0 Å². The Kier molecular flexibility index (Phi) is 4.77. The molecule has 0 saturated heterocycles. The van der Waals surface area contributed by atoms with E-state index >= 15 is 0 Å². The minimum Gasteiger partial charge on any atom is -0.396 e. The van der Waals surface area contributed by atoms with Gasteiger partial charge in [-0.05, 0) is 17.9 Å². The van der Waals surface area contributed by atoms with Crippen molar-refractivity contribution in [2.75, 3.05) is 13.2 Å². The molecule has 1 aromatic carbocycles. The SMILES string of the molecule is O=[N+]([O-])CC[C@H](CO)Cc1ccccc1. The standard InChI is InChI=1S/C11H15NO3/c13-9-11(6-7-12(14)15)8-10-4-2-1-3-5-10/h1-5,11,13H,6-9H2/t11-/m0/s1. The zero-order valence-electron chi connectivity index (χ0n) is 8.50. The van der Waals surface area contributed by atoms with Crippen molar-refractivity contribution in [1.29, 1.82) is 0 Å². The lowest BCUT2D eigenvalue weighted by molar-refractivity contribution is -0.481. The molecule has 0 bridgehead atoms. The van der Waals surface area contributed by atoms with E-state index in [4.69, 9.17) is 5.11 Å². The number of benzene rings is 1. The Morgan fingerprint density at radius 1 is 1.33 bits per heavy atom. The number of hydrogen-bond donors (Lipinski definition) is 1.